The van der Waals surface area contributed by atoms with E-state index >= 15 is 0 Å². The topological polar surface area (TPSA) is 52.6 Å². The maximum absolute atomic E-state index is 6.25. The molecule has 0 amide bonds. The summed E-state index contributed by atoms with van der Waals surface area (Å²) in [5.41, 5.74) is 1.70. The molecular formula is C22H22Cl2N2O3. The van der Waals surface area contributed by atoms with Crippen molar-refractivity contribution >= 4 is 23.2 Å². The van der Waals surface area contributed by atoms with Gasteiger partial charge < -0.3 is 19.5 Å². The van der Waals surface area contributed by atoms with Crippen molar-refractivity contribution in [1.29, 1.82) is 0 Å². The molecule has 7 heteroatoms. The lowest BCUT2D eigenvalue weighted by atomic mass is 10.1. The Bertz CT molecular complexity index is 903. The van der Waals surface area contributed by atoms with Crippen LogP contribution >= 0.6 is 23.2 Å². The lowest BCUT2D eigenvalue weighted by Gasteiger charge is -2.16. The monoisotopic (exact) mass is 432 g/mol. The Balaban J connectivity index is 1.60. The van der Waals surface area contributed by atoms with Gasteiger partial charge >= 0.3 is 0 Å². The number of aromatic nitrogens is 1. The molecule has 0 atom stereocenters. The maximum atomic E-state index is 6.25. The van der Waals surface area contributed by atoms with Gasteiger partial charge in [0.05, 0.1) is 7.11 Å². The molecule has 0 fully saturated rings. The Labute approximate surface area is 180 Å². The number of para-hydroxylation sites is 1. The van der Waals surface area contributed by atoms with Crippen LogP contribution in [0.2, 0.25) is 10.0 Å². The number of methoxy groups -OCH3 is 1. The molecule has 0 aliphatic rings. The Morgan fingerprint density at radius 3 is 2.45 bits per heavy atom. The van der Waals surface area contributed by atoms with E-state index in [0.717, 1.165) is 11.1 Å². The van der Waals surface area contributed by atoms with Gasteiger partial charge in [0, 0.05) is 46.5 Å². The van der Waals surface area contributed by atoms with Crippen LogP contribution in [0.1, 0.15) is 11.1 Å². The number of rotatable bonds is 10. The van der Waals surface area contributed by atoms with E-state index in [2.05, 4.69) is 10.3 Å². The zero-order chi connectivity index (χ0) is 20.5. The first-order valence-corrected chi connectivity index (χ1v) is 9.90. The normalized spacial score (nSPS) is 10.6. The van der Waals surface area contributed by atoms with E-state index in [0.29, 0.717) is 47.1 Å². The van der Waals surface area contributed by atoms with Crippen LogP contribution in [0.4, 0.5) is 0 Å². The van der Waals surface area contributed by atoms with Crippen molar-refractivity contribution in [1.82, 2.24) is 10.3 Å². The third-order valence-electron chi connectivity index (χ3n) is 4.18. The highest BCUT2D eigenvalue weighted by atomic mass is 35.5. The molecule has 0 bridgehead atoms. The lowest BCUT2D eigenvalue weighted by Crippen LogP contribution is -2.21. The number of ether oxygens (including phenoxy) is 3. The zero-order valence-corrected chi connectivity index (χ0v) is 17.5. The van der Waals surface area contributed by atoms with Crippen molar-refractivity contribution in [3.8, 4) is 17.4 Å². The van der Waals surface area contributed by atoms with Gasteiger partial charge in [-0.2, -0.15) is 0 Å². The van der Waals surface area contributed by atoms with E-state index in [1.807, 2.05) is 36.4 Å². The summed E-state index contributed by atoms with van der Waals surface area (Å²) in [6.07, 6.45) is 1.70. The fraction of sp³-hybridized carbons (Fsp3) is 0.227. The third kappa shape index (κ3) is 6.00. The Hall–Kier alpha value is -2.47. The molecule has 2 aromatic carbocycles. The lowest BCUT2D eigenvalue weighted by molar-refractivity contribution is 0.279. The van der Waals surface area contributed by atoms with Gasteiger partial charge in [0.2, 0.25) is 5.88 Å². The molecule has 1 N–H and O–H groups in total. The van der Waals surface area contributed by atoms with Gasteiger partial charge in [0.1, 0.15) is 13.2 Å². The summed E-state index contributed by atoms with van der Waals surface area (Å²) >= 11 is 12.5. The van der Waals surface area contributed by atoms with E-state index in [4.69, 9.17) is 37.4 Å². The molecule has 5 nitrogen and oxygen atoms in total. The Morgan fingerprint density at radius 2 is 1.72 bits per heavy atom. The molecule has 0 saturated heterocycles. The summed E-state index contributed by atoms with van der Waals surface area (Å²) in [5, 5.41) is 4.48. The Morgan fingerprint density at radius 1 is 0.931 bits per heavy atom. The van der Waals surface area contributed by atoms with E-state index in [9.17, 15) is 0 Å². The third-order valence-corrected chi connectivity index (χ3v) is 4.89. The molecule has 0 unspecified atom stereocenters. The molecule has 1 heterocycles. The summed E-state index contributed by atoms with van der Waals surface area (Å²) < 4.78 is 17.1. The summed E-state index contributed by atoms with van der Waals surface area (Å²) in [4.78, 5) is 4.13. The summed E-state index contributed by atoms with van der Waals surface area (Å²) in [7, 11) is 1.61. The second kappa shape index (κ2) is 10.9. The molecule has 3 rings (SSSR count). The predicted molar refractivity (Wildman–Crippen MR) is 115 cm³/mol. The van der Waals surface area contributed by atoms with Crippen molar-refractivity contribution < 1.29 is 14.2 Å². The fourth-order valence-electron chi connectivity index (χ4n) is 2.72. The predicted octanol–water partition coefficient (Wildman–Crippen LogP) is 5.14. The van der Waals surface area contributed by atoms with Gasteiger partial charge in [0.15, 0.2) is 11.5 Å². The standard InChI is InChI=1S/C22H22Cl2N2O3/c1-27-20-9-4-6-16(14-25-12-13-28-21-10-2-3-11-26-21)22(20)29-15-17-18(23)7-5-8-19(17)24/h2-11,25H,12-15H2,1H3. The van der Waals surface area contributed by atoms with Crippen molar-refractivity contribution in [2.24, 2.45) is 0 Å². The first-order valence-electron chi connectivity index (χ1n) is 9.15. The van der Waals surface area contributed by atoms with Crippen LogP contribution in [0.3, 0.4) is 0 Å². The van der Waals surface area contributed by atoms with Gasteiger partial charge in [-0.15, -0.1) is 0 Å². The molecule has 0 aliphatic heterocycles. The average molecular weight is 433 g/mol. The molecule has 152 valence electrons. The number of pyridine rings is 1. The second-order valence-electron chi connectivity index (χ2n) is 6.13. The fourth-order valence-corrected chi connectivity index (χ4v) is 3.23. The van der Waals surface area contributed by atoms with Crippen molar-refractivity contribution in [3.05, 3.63) is 82.0 Å². The smallest absolute Gasteiger partial charge is 0.213 e. The van der Waals surface area contributed by atoms with Crippen molar-refractivity contribution in [2.75, 3.05) is 20.3 Å². The highest BCUT2D eigenvalue weighted by molar-refractivity contribution is 6.35. The number of hydrogen-bond acceptors (Lipinski definition) is 5. The minimum absolute atomic E-state index is 0.245. The number of benzene rings is 2. The van der Waals surface area contributed by atoms with Gasteiger partial charge in [0.25, 0.3) is 0 Å². The molecule has 0 aliphatic carbocycles. The average Bonchev–Trinajstić information content (AvgIpc) is 2.74. The highest BCUT2D eigenvalue weighted by Crippen LogP contribution is 2.33. The van der Waals surface area contributed by atoms with Gasteiger partial charge in [-0.05, 0) is 24.3 Å². The number of nitrogens with one attached hydrogen (secondary N) is 1. The second-order valence-corrected chi connectivity index (χ2v) is 6.95. The van der Waals surface area contributed by atoms with Crippen LogP contribution in [0, 0.1) is 0 Å². The zero-order valence-electron chi connectivity index (χ0n) is 16.0. The maximum Gasteiger partial charge on any atom is 0.213 e. The van der Waals surface area contributed by atoms with Crippen molar-refractivity contribution in [2.45, 2.75) is 13.2 Å². The van der Waals surface area contributed by atoms with E-state index in [-0.39, 0.29) is 6.61 Å². The van der Waals surface area contributed by atoms with Gasteiger partial charge in [-0.1, -0.05) is 47.5 Å². The van der Waals surface area contributed by atoms with Crippen LogP contribution in [0.25, 0.3) is 0 Å². The molecule has 0 saturated carbocycles. The summed E-state index contributed by atoms with van der Waals surface area (Å²) in [6.45, 7) is 2.00. The van der Waals surface area contributed by atoms with Crippen molar-refractivity contribution in [3.63, 3.8) is 0 Å². The molecule has 0 spiro atoms. The quantitative estimate of drug-likeness (QED) is 0.449. The first-order chi connectivity index (χ1) is 14.2. The summed E-state index contributed by atoms with van der Waals surface area (Å²) in [6, 6.07) is 16.7. The minimum Gasteiger partial charge on any atom is -0.493 e. The molecular weight excluding hydrogens is 411 g/mol. The van der Waals surface area contributed by atoms with E-state index in [1.165, 1.54) is 0 Å². The molecule has 29 heavy (non-hydrogen) atoms. The highest BCUT2D eigenvalue weighted by Gasteiger charge is 2.13. The van der Waals surface area contributed by atoms with Crippen LogP contribution < -0.4 is 19.5 Å². The van der Waals surface area contributed by atoms with Gasteiger partial charge in [-0.25, -0.2) is 4.98 Å². The summed E-state index contributed by atoms with van der Waals surface area (Å²) in [5.74, 6) is 1.91. The molecule has 0 radical (unpaired) electrons. The Kier molecular flexibility index (Phi) is 7.99. The van der Waals surface area contributed by atoms with E-state index < -0.39 is 0 Å². The molecule has 1 aromatic heterocycles. The first kappa shape index (κ1) is 21.2. The van der Waals surface area contributed by atoms with Gasteiger partial charge in [-0.3, -0.25) is 0 Å². The molecule has 3 aromatic rings. The minimum atomic E-state index is 0.245. The largest absolute Gasteiger partial charge is 0.493 e. The van der Waals surface area contributed by atoms with Crippen LogP contribution in [-0.2, 0) is 13.2 Å². The van der Waals surface area contributed by atoms with Crippen LogP contribution in [-0.4, -0.2) is 25.2 Å². The van der Waals surface area contributed by atoms with Crippen LogP contribution in [0.15, 0.2) is 60.8 Å². The van der Waals surface area contributed by atoms with E-state index in [1.54, 1.807) is 31.5 Å². The number of nitrogens with zero attached hydrogens (tertiary/aromatic N) is 1. The van der Waals surface area contributed by atoms with Crippen LogP contribution in [0.5, 0.6) is 17.4 Å². The number of halogens is 2. The SMILES string of the molecule is COc1cccc(CNCCOc2ccccn2)c1OCc1c(Cl)cccc1Cl. The number of hydrogen-bond donors (Lipinski definition) is 1.